The highest BCUT2D eigenvalue weighted by atomic mass is 16.5. The predicted molar refractivity (Wildman–Crippen MR) is 67.5 cm³/mol. The van der Waals surface area contributed by atoms with Crippen molar-refractivity contribution in [1.29, 1.82) is 0 Å². The molecule has 0 aromatic carbocycles. The van der Waals surface area contributed by atoms with Crippen molar-refractivity contribution in [3.8, 4) is 0 Å². The zero-order valence-corrected chi connectivity index (χ0v) is 11.5. The Hall–Kier alpha value is -1.89. The minimum atomic E-state index is -1.55. The Morgan fingerprint density at radius 2 is 1.90 bits per heavy atom. The third kappa shape index (κ3) is 2.82. The average Bonchev–Trinajstić information content (AvgIpc) is 2.38. The fourth-order valence-corrected chi connectivity index (χ4v) is 2.24. The molecule has 7 nitrogen and oxygen atoms in total. The summed E-state index contributed by atoms with van der Waals surface area (Å²) in [5.41, 5.74) is -0.0450. The molecule has 0 spiro atoms. The zero-order valence-electron chi connectivity index (χ0n) is 11.5. The van der Waals surface area contributed by atoms with Crippen molar-refractivity contribution in [2.45, 2.75) is 26.4 Å². The monoisotopic (exact) mass is 283 g/mol. The standard InChI is InChI=1S/C13H17NO6/c1-6(2)4-8(14-19)9-10(16)7(5-15)11(17)13(20-3)12(9)18/h5-7,9,13,19H,4H2,1-3H3/b14-8+. The molecule has 0 heterocycles. The lowest BCUT2D eigenvalue weighted by Gasteiger charge is -2.28. The second-order valence-electron chi connectivity index (χ2n) is 5.06. The van der Waals surface area contributed by atoms with Gasteiger partial charge in [0.25, 0.3) is 0 Å². The van der Waals surface area contributed by atoms with Gasteiger partial charge in [-0.15, -0.1) is 0 Å². The summed E-state index contributed by atoms with van der Waals surface area (Å²) in [6.07, 6.45) is -1.08. The minimum absolute atomic E-state index is 0.0369. The van der Waals surface area contributed by atoms with Gasteiger partial charge in [-0.05, 0) is 12.3 Å². The van der Waals surface area contributed by atoms with E-state index in [1.54, 1.807) is 0 Å². The number of Topliss-reactive ketones (excluding diaryl/α,β-unsaturated/α-hetero) is 3. The molecule has 1 rings (SSSR count). The maximum Gasteiger partial charge on any atom is 0.186 e. The van der Waals surface area contributed by atoms with Gasteiger partial charge < -0.3 is 14.7 Å². The second-order valence-corrected chi connectivity index (χ2v) is 5.06. The van der Waals surface area contributed by atoms with Crippen LogP contribution in [0, 0.1) is 17.8 Å². The van der Waals surface area contributed by atoms with Gasteiger partial charge in [0, 0.05) is 7.11 Å². The van der Waals surface area contributed by atoms with Crippen LogP contribution in [0.15, 0.2) is 5.16 Å². The number of rotatable bonds is 5. The number of methoxy groups -OCH3 is 1. The summed E-state index contributed by atoms with van der Waals surface area (Å²) in [6, 6.07) is 0. The largest absolute Gasteiger partial charge is 0.411 e. The van der Waals surface area contributed by atoms with E-state index in [9.17, 15) is 19.2 Å². The van der Waals surface area contributed by atoms with E-state index in [1.807, 2.05) is 13.8 Å². The molecule has 7 heteroatoms. The number of carbonyl (C=O) groups is 4. The van der Waals surface area contributed by atoms with Gasteiger partial charge in [-0.3, -0.25) is 14.4 Å². The highest BCUT2D eigenvalue weighted by Crippen LogP contribution is 2.25. The maximum absolute atomic E-state index is 12.1. The predicted octanol–water partition coefficient (Wildman–Crippen LogP) is 0.0299. The third-order valence-corrected chi connectivity index (χ3v) is 3.15. The van der Waals surface area contributed by atoms with Crippen LogP contribution in [0.4, 0.5) is 0 Å². The van der Waals surface area contributed by atoms with Gasteiger partial charge in [0.2, 0.25) is 0 Å². The lowest BCUT2D eigenvalue weighted by atomic mass is 9.74. The van der Waals surface area contributed by atoms with E-state index in [0.29, 0.717) is 0 Å². The van der Waals surface area contributed by atoms with Crippen LogP contribution in [-0.2, 0) is 23.9 Å². The molecule has 3 unspecified atom stereocenters. The number of ether oxygens (including phenoxy) is 1. The number of hydrogen-bond donors (Lipinski definition) is 1. The Labute approximate surface area is 116 Å². The molecule has 20 heavy (non-hydrogen) atoms. The number of nitrogens with zero attached hydrogens (tertiary/aromatic N) is 1. The van der Waals surface area contributed by atoms with Gasteiger partial charge in [0.1, 0.15) is 18.1 Å². The molecule has 1 fully saturated rings. The van der Waals surface area contributed by atoms with Crippen LogP contribution in [0.1, 0.15) is 20.3 Å². The lowest BCUT2D eigenvalue weighted by molar-refractivity contribution is -0.154. The van der Waals surface area contributed by atoms with E-state index in [0.717, 1.165) is 7.11 Å². The molecular formula is C13H17NO6. The number of aldehydes is 1. The first-order valence-electron chi connectivity index (χ1n) is 6.19. The van der Waals surface area contributed by atoms with Gasteiger partial charge in [0.15, 0.2) is 23.5 Å². The molecule has 1 aliphatic rings. The fourth-order valence-electron chi connectivity index (χ4n) is 2.24. The van der Waals surface area contributed by atoms with Crippen LogP contribution in [0.3, 0.4) is 0 Å². The fraction of sp³-hybridized carbons (Fsp3) is 0.615. The molecule has 0 radical (unpaired) electrons. The SMILES string of the molecule is COC1C(=O)C(C=O)C(=O)C(/C(CC(C)C)=N/O)C1=O. The molecule has 110 valence electrons. The highest BCUT2D eigenvalue weighted by Gasteiger charge is 2.51. The Morgan fingerprint density at radius 1 is 1.30 bits per heavy atom. The quantitative estimate of drug-likeness (QED) is 0.250. The Kier molecular flexibility index (Phi) is 5.26. The van der Waals surface area contributed by atoms with E-state index in [4.69, 9.17) is 9.94 Å². The topological polar surface area (TPSA) is 110 Å². The molecule has 0 bridgehead atoms. The highest BCUT2D eigenvalue weighted by molar-refractivity contribution is 6.37. The van der Waals surface area contributed by atoms with Gasteiger partial charge >= 0.3 is 0 Å². The lowest BCUT2D eigenvalue weighted by Crippen LogP contribution is -2.55. The Balaban J connectivity index is 3.22. The van der Waals surface area contributed by atoms with Gasteiger partial charge in [-0.1, -0.05) is 19.0 Å². The number of hydrogen-bond acceptors (Lipinski definition) is 7. The van der Waals surface area contributed by atoms with Crippen LogP contribution in [-0.4, -0.2) is 47.8 Å². The summed E-state index contributed by atoms with van der Waals surface area (Å²) in [4.78, 5) is 46.9. The average molecular weight is 283 g/mol. The normalized spacial score (nSPS) is 28.1. The number of carbonyl (C=O) groups excluding carboxylic acids is 4. The molecule has 1 N–H and O–H groups in total. The first kappa shape index (κ1) is 16.2. The van der Waals surface area contributed by atoms with Crippen LogP contribution in [0.25, 0.3) is 0 Å². The summed E-state index contributed by atoms with van der Waals surface area (Å²) in [6.45, 7) is 3.64. The van der Waals surface area contributed by atoms with Crippen molar-refractivity contribution in [2.24, 2.45) is 22.9 Å². The Morgan fingerprint density at radius 3 is 2.30 bits per heavy atom. The van der Waals surface area contributed by atoms with Crippen LogP contribution >= 0.6 is 0 Å². The second kappa shape index (κ2) is 6.51. The molecule has 0 aliphatic heterocycles. The molecule has 3 atom stereocenters. The van der Waals surface area contributed by atoms with E-state index < -0.39 is 35.3 Å². The zero-order chi connectivity index (χ0) is 15.4. The summed E-state index contributed by atoms with van der Waals surface area (Å²) < 4.78 is 4.78. The number of oxime groups is 1. The summed E-state index contributed by atoms with van der Waals surface area (Å²) >= 11 is 0. The van der Waals surface area contributed by atoms with Gasteiger partial charge in [-0.25, -0.2) is 0 Å². The summed E-state index contributed by atoms with van der Waals surface area (Å²) in [7, 11) is 1.15. The van der Waals surface area contributed by atoms with E-state index >= 15 is 0 Å². The number of ketones is 3. The molecule has 0 amide bonds. The maximum atomic E-state index is 12.1. The Bertz CT molecular complexity index is 467. The van der Waals surface area contributed by atoms with E-state index in [1.165, 1.54) is 0 Å². The molecule has 1 saturated carbocycles. The van der Waals surface area contributed by atoms with E-state index in [2.05, 4.69) is 5.16 Å². The summed E-state index contributed by atoms with van der Waals surface area (Å²) in [5.74, 6) is -5.41. The molecule has 0 aromatic heterocycles. The van der Waals surface area contributed by atoms with Crippen LogP contribution < -0.4 is 0 Å². The first-order valence-corrected chi connectivity index (χ1v) is 6.19. The smallest absolute Gasteiger partial charge is 0.186 e. The molecule has 0 aromatic rings. The molecular weight excluding hydrogens is 266 g/mol. The first-order chi connectivity index (χ1) is 9.38. The van der Waals surface area contributed by atoms with Crippen molar-refractivity contribution in [2.75, 3.05) is 7.11 Å². The molecule has 1 aliphatic carbocycles. The van der Waals surface area contributed by atoms with Crippen molar-refractivity contribution in [1.82, 2.24) is 0 Å². The molecule has 0 saturated heterocycles. The third-order valence-electron chi connectivity index (χ3n) is 3.15. The summed E-state index contributed by atoms with van der Waals surface area (Å²) in [5, 5.41) is 12.0. The van der Waals surface area contributed by atoms with Crippen molar-refractivity contribution < 1.29 is 29.1 Å². The van der Waals surface area contributed by atoms with Gasteiger partial charge in [0.05, 0.1) is 5.71 Å². The van der Waals surface area contributed by atoms with Gasteiger partial charge in [-0.2, -0.15) is 0 Å². The van der Waals surface area contributed by atoms with Crippen molar-refractivity contribution in [3.63, 3.8) is 0 Å². The van der Waals surface area contributed by atoms with Crippen molar-refractivity contribution in [3.05, 3.63) is 0 Å². The van der Waals surface area contributed by atoms with E-state index in [-0.39, 0.29) is 24.3 Å². The minimum Gasteiger partial charge on any atom is -0.411 e. The van der Waals surface area contributed by atoms with Crippen LogP contribution in [0.5, 0.6) is 0 Å². The van der Waals surface area contributed by atoms with Crippen molar-refractivity contribution >= 4 is 29.3 Å². The van der Waals surface area contributed by atoms with Crippen LogP contribution in [0.2, 0.25) is 0 Å².